The molecule has 1 aromatic heterocycles. The molecule has 0 unspecified atom stereocenters. The van der Waals surface area contributed by atoms with Crippen molar-refractivity contribution >= 4 is 11.6 Å². The lowest BCUT2D eigenvalue weighted by Crippen LogP contribution is -2.14. The first-order valence-electron chi connectivity index (χ1n) is 6.09. The fourth-order valence-corrected chi connectivity index (χ4v) is 1.84. The highest BCUT2D eigenvalue weighted by atomic mass is 16.5. The SMILES string of the molecule is CCOc1ccccc1NC(=O)c1c(C)noc1C. The maximum atomic E-state index is 12.2. The molecule has 0 spiro atoms. The van der Waals surface area contributed by atoms with Gasteiger partial charge in [-0.1, -0.05) is 17.3 Å². The van der Waals surface area contributed by atoms with Gasteiger partial charge in [0.1, 0.15) is 17.1 Å². The van der Waals surface area contributed by atoms with E-state index in [1.54, 1.807) is 19.9 Å². The molecule has 0 aliphatic rings. The van der Waals surface area contributed by atoms with Crippen molar-refractivity contribution in [3.8, 4) is 5.75 Å². The summed E-state index contributed by atoms with van der Waals surface area (Å²) in [5.74, 6) is 0.900. The summed E-state index contributed by atoms with van der Waals surface area (Å²) in [6.45, 7) is 5.88. The van der Waals surface area contributed by atoms with Crippen molar-refractivity contribution in [2.75, 3.05) is 11.9 Å². The number of nitrogens with zero attached hydrogens (tertiary/aromatic N) is 1. The number of hydrogen-bond donors (Lipinski definition) is 1. The zero-order chi connectivity index (χ0) is 13.8. The van der Waals surface area contributed by atoms with Gasteiger partial charge in [-0.2, -0.15) is 0 Å². The van der Waals surface area contributed by atoms with Crippen LogP contribution in [-0.4, -0.2) is 17.7 Å². The molecule has 1 heterocycles. The van der Waals surface area contributed by atoms with Crippen LogP contribution >= 0.6 is 0 Å². The first-order valence-corrected chi connectivity index (χ1v) is 6.09. The van der Waals surface area contributed by atoms with Crippen molar-refractivity contribution in [2.24, 2.45) is 0 Å². The van der Waals surface area contributed by atoms with Gasteiger partial charge < -0.3 is 14.6 Å². The summed E-state index contributed by atoms with van der Waals surface area (Å²) >= 11 is 0. The Hall–Kier alpha value is -2.30. The van der Waals surface area contributed by atoms with E-state index in [-0.39, 0.29) is 5.91 Å². The minimum absolute atomic E-state index is 0.247. The van der Waals surface area contributed by atoms with Gasteiger partial charge in [0.05, 0.1) is 18.0 Å². The molecule has 1 N–H and O–H groups in total. The molecule has 2 rings (SSSR count). The van der Waals surface area contributed by atoms with Gasteiger partial charge in [-0.3, -0.25) is 4.79 Å². The van der Waals surface area contributed by atoms with Crippen molar-refractivity contribution in [2.45, 2.75) is 20.8 Å². The first kappa shape index (κ1) is 13.1. The Balaban J connectivity index is 2.24. The van der Waals surface area contributed by atoms with Crippen LogP contribution in [-0.2, 0) is 0 Å². The topological polar surface area (TPSA) is 64.4 Å². The maximum absolute atomic E-state index is 12.2. The molecule has 0 radical (unpaired) electrons. The normalized spacial score (nSPS) is 10.3. The number of aryl methyl sites for hydroxylation is 2. The Morgan fingerprint density at radius 3 is 2.74 bits per heavy atom. The number of nitrogens with one attached hydrogen (secondary N) is 1. The second-order valence-corrected chi connectivity index (χ2v) is 4.08. The third-order valence-corrected chi connectivity index (χ3v) is 2.70. The van der Waals surface area contributed by atoms with Crippen LogP contribution in [0.25, 0.3) is 0 Å². The molecule has 1 aromatic carbocycles. The molecular weight excluding hydrogens is 244 g/mol. The molecule has 0 aliphatic carbocycles. The van der Waals surface area contributed by atoms with E-state index in [4.69, 9.17) is 9.26 Å². The van der Waals surface area contributed by atoms with Gasteiger partial charge in [0.25, 0.3) is 5.91 Å². The molecule has 1 amide bonds. The maximum Gasteiger partial charge on any atom is 0.261 e. The molecule has 5 heteroatoms. The third kappa shape index (κ3) is 2.76. The number of carbonyl (C=O) groups excluding carboxylic acids is 1. The lowest BCUT2D eigenvalue weighted by atomic mass is 10.2. The van der Waals surface area contributed by atoms with Gasteiger partial charge in [-0.25, -0.2) is 0 Å². The Bertz CT molecular complexity index is 571. The summed E-state index contributed by atoms with van der Waals surface area (Å²) in [4.78, 5) is 12.2. The Morgan fingerprint density at radius 1 is 1.37 bits per heavy atom. The number of benzene rings is 1. The molecule has 0 aliphatic heterocycles. The second-order valence-electron chi connectivity index (χ2n) is 4.08. The largest absolute Gasteiger partial charge is 0.492 e. The van der Waals surface area contributed by atoms with Crippen LogP contribution < -0.4 is 10.1 Å². The van der Waals surface area contributed by atoms with E-state index in [1.165, 1.54) is 0 Å². The van der Waals surface area contributed by atoms with Crippen molar-refractivity contribution in [3.05, 3.63) is 41.3 Å². The number of ether oxygens (including phenoxy) is 1. The highest BCUT2D eigenvalue weighted by Crippen LogP contribution is 2.25. The number of aromatic nitrogens is 1. The van der Waals surface area contributed by atoms with Crippen molar-refractivity contribution in [1.82, 2.24) is 5.16 Å². The number of carbonyl (C=O) groups is 1. The first-order chi connectivity index (χ1) is 9.13. The molecular formula is C14H16N2O3. The summed E-state index contributed by atoms with van der Waals surface area (Å²) in [6.07, 6.45) is 0. The zero-order valence-corrected chi connectivity index (χ0v) is 11.2. The molecule has 100 valence electrons. The monoisotopic (exact) mass is 260 g/mol. The van der Waals surface area contributed by atoms with Gasteiger partial charge >= 0.3 is 0 Å². The van der Waals surface area contributed by atoms with Gasteiger partial charge in [-0.05, 0) is 32.9 Å². The van der Waals surface area contributed by atoms with E-state index in [1.807, 2.05) is 25.1 Å². The van der Waals surface area contributed by atoms with Crippen molar-refractivity contribution < 1.29 is 14.1 Å². The molecule has 0 saturated carbocycles. The van der Waals surface area contributed by atoms with E-state index >= 15 is 0 Å². The van der Waals surface area contributed by atoms with Crippen molar-refractivity contribution in [3.63, 3.8) is 0 Å². The molecule has 0 fully saturated rings. The number of amides is 1. The number of para-hydroxylation sites is 2. The molecule has 2 aromatic rings. The summed E-state index contributed by atoms with van der Waals surface area (Å²) in [5.41, 5.74) is 1.67. The molecule has 0 bridgehead atoms. The minimum atomic E-state index is -0.247. The number of hydrogen-bond acceptors (Lipinski definition) is 4. The lowest BCUT2D eigenvalue weighted by Gasteiger charge is -2.10. The van der Waals surface area contributed by atoms with Crippen LogP contribution in [0.5, 0.6) is 5.75 Å². The summed E-state index contributed by atoms with van der Waals surface area (Å²) in [7, 11) is 0. The smallest absolute Gasteiger partial charge is 0.261 e. The van der Waals surface area contributed by atoms with Crippen molar-refractivity contribution in [1.29, 1.82) is 0 Å². The van der Waals surface area contributed by atoms with Crippen LogP contribution in [0.15, 0.2) is 28.8 Å². The van der Waals surface area contributed by atoms with E-state index in [9.17, 15) is 4.79 Å². The average Bonchev–Trinajstić information content (AvgIpc) is 2.72. The van der Waals surface area contributed by atoms with E-state index < -0.39 is 0 Å². The van der Waals surface area contributed by atoms with Crippen LogP contribution in [0.4, 0.5) is 5.69 Å². The van der Waals surface area contributed by atoms with Gasteiger partial charge in [-0.15, -0.1) is 0 Å². The van der Waals surface area contributed by atoms with E-state index in [2.05, 4.69) is 10.5 Å². The Kier molecular flexibility index (Phi) is 3.85. The molecule has 5 nitrogen and oxygen atoms in total. The van der Waals surface area contributed by atoms with Gasteiger partial charge in [0.2, 0.25) is 0 Å². The second kappa shape index (κ2) is 5.56. The highest BCUT2D eigenvalue weighted by molar-refractivity contribution is 6.06. The Labute approximate surface area is 111 Å². The lowest BCUT2D eigenvalue weighted by molar-refractivity contribution is 0.102. The predicted molar refractivity (Wildman–Crippen MR) is 71.5 cm³/mol. The van der Waals surface area contributed by atoms with Crippen LogP contribution in [0.2, 0.25) is 0 Å². The summed E-state index contributed by atoms with van der Waals surface area (Å²) in [6, 6.07) is 7.30. The predicted octanol–water partition coefficient (Wildman–Crippen LogP) is 2.94. The van der Waals surface area contributed by atoms with Crippen LogP contribution in [0.1, 0.15) is 28.7 Å². The van der Waals surface area contributed by atoms with Crippen LogP contribution in [0, 0.1) is 13.8 Å². The summed E-state index contributed by atoms with van der Waals surface area (Å²) in [5, 5.41) is 6.59. The highest BCUT2D eigenvalue weighted by Gasteiger charge is 2.18. The Morgan fingerprint density at radius 2 is 2.11 bits per heavy atom. The van der Waals surface area contributed by atoms with Gasteiger partial charge in [0, 0.05) is 0 Å². The average molecular weight is 260 g/mol. The zero-order valence-electron chi connectivity index (χ0n) is 11.2. The standard InChI is InChI=1S/C14H16N2O3/c1-4-18-12-8-6-5-7-11(12)15-14(17)13-9(2)16-19-10(13)3/h5-8H,4H2,1-3H3,(H,15,17). The number of anilines is 1. The van der Waals surface area contributed by atoms with E-state index in [0.717, 1.165) is 0 Å². The van der Waals surface area contributed by atoms with Gasteiger partial charge in [0.15, 0.2) is 0 Å². The molecule has 19 heavy (non-hydrogen) atoms. The number of rotatable bonds is 4. The summed E-state index contributed by atoms with van der Waals surface area (Å²) < 4.78 is 10.5. The molecule has 0 saturated heterocycles. The van der Waals surface area contributed by atoms with Crippen LogP contribution in [0.3, 0.4) is 0 Å². The third-order valence-electron chi connectivity index (χ3n) is 2.70. The minimum Gasteiger partial charge on any atom is -0.492 e. The fraction of sp³-hybridized carbons (Fsp3) is 0.286. The molecule has 0 atom stereocenters. The quantitative estimate of drug-likeness (QED) is 0.918. The fourth-order valence-electron chi connectivity index (χ4n) is 1.84. The van der Waals surface area contributed by atoms with E-state index in [0.29, 0.717) is 35.1 Å².